The third kappa shape index (κ3) is 5.15. The zero-order valence-corrected chi connectivity index (χ0v) is 13.6. The maximum absolute atomic E-state index is 11.6. The smallest absolute Gasteiger partial charge is 0.222 e. The SMILES string of the molecule is CN(C)C(=O)CCC=CC1C=CCCN1Cc1ccccc1. The van der Waals surface area contributed by atoms with Crippen molar-refractivity contribution in [3.05, 3.63) is 60.2 Å². The highest BCUT2D eigenvalue weighted by Crippen LogP contribution is 2.16. The van der Waals surface area contributed by atoms with E-state index in [0.717, 1.165) is 25.9 Å². The first-order valence-electron chi connectivity index (χ1n) is 7.98. The van der Waals surface area contributed by atoms with Gasteiger partial charge in [0.15, 0.2) is 0 Å². The van der Waals surface area contributed by atoms with Gasteiger partial charge in [0.05, 0.1) is 0 Å². The molecule has 0 aromatic heterocycles. The van der Waals surface area contributed by atoms with E-state index in [2.05, 4.69) is 59.5 Å². The van der Waals surface area contributed by atoms with Gasteiger partial charge in [-0.05, 0) is 18.4 Å². The Morgan fingerprint density at radius 2 is 2.09 bits per heavy atom. The molecule has 0 radical (unpaired) electrons. The normalized spacial score (nSPS) is 18.7. The molecular formula is C19H26N2O. The van der Waals surface area contributed by atoms with Gasteiger partial charge in [-0.2, -0.15) is 0 Å². The van der Waals surface area contributed by atoms with Gasteiger partial charge in [0, 0.05) is 39.6 Å². The molecule has 1 amide bonds. The molecule has 0 bridgehead atoms. The van der Waals surface area contributed by atoms with Crippen LogP contribution in [0.1, 0.15) is 24.8 Å². The minimum Gasteiger partial charge on any atom is -0.349 e. The van der Waals surface area contributed by atoms with Crippen LogP contribution in [0.3, 0.4) is 0 Å². The maximum Gasteiger partial charge on any atom is 0.222 e. The molecule has 0 spiro atoms. The summed E-state index contributed by atoms with van der Waals surface area (Å²) in [5.74, 6) is 0.185. The van der Waals surface area contributed by atoms with Crippen molar-refractivity contribution in [3.8, 4) is 0 Å². The Kier molecular flexibility index (Phi) is 6.41. The number of allylic oxidation sites excluding steroid dienone is 1. The van der Waals surface area contributed by atoms with E-state index >= 15 is 0 Å². The van der Waals surface area contributed by atoms with Gasteiger partial charge >= 0.3 is 0 Å². The molecule has 0 N–H and O–H groups in total. The molecule has 0 aliphatic carbocycles. The van der Waals surface area contributed by atoms with Crippen molar-refractivity contribution in [1.82, 2.24) is 9.80 Å². The van der Waals surface area contributed by atoms with E-state index in [1.54, 1.807) is 19.0 Å². The number of nitrogens with zero attached hydrogens (tertiary/aromatic N) is 2. The molecule has 3 nitrogen and oxygen atoms in total. The number of carbonyl (C=O) groups is 1. The molecule has 0 saturated carbocycles. The first kappa shape index (κ1) is 16.5. The van der Waals surface area contributed by atoms with Crippen molar-refractivity contribution in [2.75, 3.05) is 20.6 Å². The Morgan fingerprint density at radius 1 is 1.32 bits per heavy atom. The van der Waals surface area contributed by atoms with Crippen LogP contribution in [-0.2, 0) is 11.3 Å². The first-order chi connectivity index (χ1) is 10.7. The molecule has 1 atom stereocenters. The van der Waals surface area contributed by atoms with Crippen LogP contribution in [0, 0.1) is 0 Å². The zero-order chi connectivity index (χ0) is 15.8. The van der Waals surface area contributed by atoms with Gasteiger partial charge < -0.3 is 4.90 Å². The van der Waals surface area contributed by atoms with E-state index in [1.807, 2.05) is 0 Å². The first-order valence-corrected chi connectivity index (χ1v) is 7.98. The largest absolute Gasteiger partial charge is 0.349 e. The quantitative estimate of drug-likeness (QED) is 0.753. The Hall–Kier alpha value is -1.87. The van der Waals surface area contributed by atoms with Gasteiger partial charge in [-0.1, -0.05) is 54.6 Å². The van der Waals surface area contributed by atoms with Crippen LogP contribution in [0.4, 0.5) is 0 Å². The highest BCUT2D eigenvalue weighted by molar-refractivity contribution is 5.75. The number of amides is 1. The average Bonchev–Trinajstić information content (AvgIpc) is 2.53. The average molecular weight is 298 g/mol. The monoisotopic (exact) mass is 298 g/mol. The second-order valence-electron chi connectivity index (χ2n) is 5.92. The van der Waals surface area contributed by atoms with E-state index < -0.39 is 0 Å². The number of benzene rings is 1. The fraction of sp³-hybridized carbons (Fsp3) is 0.421. The third-order valence-corrected chi connectivity index (χ3v) is 3.92. The van der Waals surface area contributed by atoms with Gasteiger partial charge in [0.1, 0.15) is 0 Å². The Balaban J connectivity index is 1.88. The molecule has 2 rings (SSSR count). The lowest BCUT2D eigenvalue weighted by atomic mass is 10.1. The summed E-state index contributed by atoms with van der Waals surface area (Å²) < 4.78 is 0. The highest BCUT2D eigenvalue weighted by Gasteiger charge is 2.16. The molecule has 118 valence electrons. The maximum atomic E-state index is 11.6. The molecule has 22 heavy (non-hydrogen) atoms. The van der Waals surface area contributed by atoms with E-state index in [1.165, 1.54) is 5.56 Å². The zero-order valence-electron chi connectivity index (χ0n) is 13.6. The minimum atomic E-state index is 0.185. The van der Waals surface area contributed by atoms with Gasteiger partial charge in [-0.25, -0.2) is 0 Å². The summed E-state index contributed by atoms with van der Waals surface area (Å²) >= 11 is 0. The van der Waals surface area contributed by atoms with Gasteiger partial charge in [-0.3, -0.25) is 9.69 Å². The summed E-state index contributed by atoms with van der Waals surface area (Å²) in [6.07, 6.45) is 11.4. The molecule has 1 heterocycles. The van der Waals surface area contributed by atoms with E-state index in [-0.39, 0.29) is 5.91 Å². The highest BCUT2D eigenvalue weighted by atomic mass is 16.2. The molecule has 0 saturated heterocycles. The fourth-order valence-corrected chi connectivity index (χ4v) is 2.60. The molecule has 1 aromatic rings. The van der Waals surface area contributed by atoms with Crippen molar-refractivity contribution < 1.29 is 4.79 Å². The fourth-order valence-electron chi connectivity index (χ4n) is 2.60. The van der Waals surface area contributed by atoms with Crippen LogP contribution in [-0.4, -0.2) is 42.4 Å². The number of hydrogen-bond acceptors (Lipinski definition) is 2. The summed E-state index contributed by atoms with van der Waals surface area (Å²) in [6.45, 7) is 2.05. The lowest BCUT2D eigenvalue weighted by Crippen LogP contribution is -2.35. The Morgan fingerprint density at radius 3 is 2.82 bits per heavy atom. The molecule has 0 fully saturated rings. The predicted octanol–water partition coefficient (Wildman–Crippen LogP) is 3.24. The molecular weight excluding hydrogens is 272 g/mol. The number of carbonyl (C=O) groups excluding carboxylic acids is 1. The number of hydrogen-bond donors (Lipinski definition) is 0. The summed E-state index contributed by atoms with van der Waals surface area (Å²) in [7, 11) is 3.61. The second-order valence-corrected chi connectivity index (χ2v) is 5.92. The van der Waals surface area contributed by atoms with Crippen molar-refractivity contribution in [2.45, 2.75) is 31.8 Å². The van der Waals surface area contributed by atoms with Crippen LogP contribution >= 0.6 is 0 Å². The van der Waals surface area contributed by atoms with Crippen LogP contribution in [0.5, 0.6) is 0 Å². The topological polar surface area (TPSA) is 23.6 Å². The summed E-state index contributed by atoms with van der Waals surface area (Å²) in [4.78, 5) is 15.7. The Bertz CT molecular complexity index is 519. The molecule has 1 aliphatic rings. The summed E-state index contributed by atoms with van der Waals surface area (Å²) in [5.41, 5.74) is 1.35. The Labute approximate surface area is 133 Å². The van der Waals surface area contributed by atoms with E-state index in [9.17, 15) is 4.79 Å². The third-order valence-electron chi connectivity index (χ3n) is 3.92. The molecule has 1 aromatic carbocycles. The van der Waals surface area contributed by atoms with Gasteiger partial charge in [0.2, 0.25) is 5.91 Å². The lowest BCUT2D eigenvalue weighted by Gasteiger charge is -2.30. The second kappa shape index (κ2) is 8.54. The van der Waals surface area contributed by atoms with Crippen molar-refractivity contribution in [1.29, 1.82) is 0 Å². The van der Waals surface area contributed by atoms with Crippen molar-refractivity contribution in [2.24, 2.45) is 0 Å². The van der Waals surface area contributed by atoms with Crippen LogP contribution in [0.15, 0.2) is 54.6 Å². The van der Waals surface area contributed by atoms with Crippen LogP contribution in [0.25, 0.3) is 0 Å². The van der Waals surface area contributed by atoms with Crippen LogP contribution in [0.2, 0.25) is 0 Å². The van der Waals surface area contributed by atoms with Gasteiger partial charge in [-0.15, -0.1) is 0 Å². The minimum absolute atomic E-state index is 0.185. The predicted molar refractivity (Wildman–Crippen MR) is 91.5 cm³/mol. The van der Waals surface area contributed by atoms with Crippen molar-refractivity contribution in [3.63, 3.8) is 0 Å². The number of rotatable bonds is 6. The van der Waals surface area contributed by atoms with Crippen LogP contribution < -0.4 is 0 Å². The van der Waals surface area contributed by atoms with Gasteiger partial charge in [0.25, 0.3) is 0 Å². The van der Waals surface area contributed by atoms with E-state index in [0.29, 0.717) is 12.5 Å². The summed E-state index contributed by atoms with van der Waals surface area (Å²) in [6, 6.07) is 10.9. The molecule has 3 heteroatoms. The molecule has 1 aliphatic heterocycles. The van der Waals surface area contributed by atoms with E-state index in [4.69, 9.17) is 0 Å². The standard InChI is InChI=1S/C19H26N2O/c1-20(2)19(22)14-7-6-12-18-13-8-9-15-21(18)16-17-10-4-3-5-11-17/h3-6,8,10-13,18H,7,9,14-16H2,1-2H3. The van der Waals surface area contributed by atoms with Crippen molar-refractivity contribution >= 4 is 5.91 Å². The summed E-state index contributed by atoms with van der Waals surface area (Å²) in [5, 5.41) is 0. The molecule has 1 unspecified atom stereocenters. The lowest BCUT2D eigenvalue weighted by molar-refractivity contribution is -0.128.